The number of allylic oxidation sites excluding steroid dienone is 20. The first-order valence-corrected chi connectivity index (χ1v) is 18.5. The van der Waals surface area contributed by atoms with Crippen LogP contribution in [0.1, 0.15) is 159 Å². The molecule has 0 spiro atoms. The van der Waals surface area contributed by atoms with E-state index in [1.807, 2.05) is 19.1 Å². The molecule has 0 aromatic heterocycles. The second-order valence-corrected chi connectivity index (χ2v) is 14.3. The first kappa shape index (κ1) is 42.8. The van der Waals surface area contributed by atoms with Crippen molar-refractivity contribution in [3.8, 4) is 0 Å². The van der Waals surface area contributed by atoms with Gasteiger partial charge in [-0.3, -0.25) is 9.59 Å². The molecule has 1 aliphatic rings. The Labute approximate surface area is 296 Å². The third-order valence-electron chi connectivity index (χ3n) is 9.17. The summed E-state index contributed by atoms with van der Waals surface area (Å²) < 4.78 is 0. The molecule has 0 amide bonds. The molecule has 0 heterocycles. The van der Waals surface area contributed by atoms with Crippen molar-refractivity contribution in [2.45, 2.75) is 159 Å². The van der Waals surface area contributed by atoms with Gasteiger partial charge in [-0.2, -0.15) is 0 Å². The van der Waals surface area contributed by atoms with Gasteiger partial charge in [0, 0.05) is 23.1 Å². The van der Waals surface area contributed by atoms with Crippen molar-refractivity contribution >= 4 is 11.6 Å². The maximum Gasteiger partial charge on any atom is 0.185 e. The van der Waals surface area contributed by atoms with Crippen molar-refractivity contribution in [2.75, 3.05) is 0 Å². The van der Waals surface area contributed by atoms with Gasteiger partial charge in [-0.1, -0.05) is 99.8 Å². The minimum absolute atomic E-state index is 0.00729. The SMILES string of the molecule is C/C=C\C=C1/CC(=O)C(C/C=C(\C)CC/C=C(\C)CC/C=C(\C)CC/C=C(\C)CC/C=C(\C)CC/C=C(\C)CCC=C(C)C)=C(C)C1=O. The van der Waals surface area contributed by atoms with E-state index >= 15 is 0 Å². The lowest BCUT2D eigenvalue weighted by Crippen LogP contribution is -2.20. The molecule has 0 bridgehead atoms. The van der Waals surface area contributed by atoms with Crippen LogP contribution >= 0.6 is 0 Å². The van der Waals surface area contributed by atoms with Crippen molar-refractivity contribution in [1.29, 1.82) is 0 Å². The first-order chi connectivity index (χ1) is 22.8. The lowest BCUT2D eigenvalue weighted by molar-refractivity contribution is -0.119. The Morgan fingerprint density at radius 1 is 0.542 bits per heavy atom. The standard InChI is InChI=1S/C46H68O2/c1-11-12-31-43-34-45(47)44(42(10)46(43)48)33-32-41(9)30-18-29-40(8)28-17-27-39(7)26-16-25-38(6)24-15-23-37(5)22-14-21-36(4)20-13-19-35(2)3/h11-12,19,21,23,25,27,29,31-32H,13-18,20,22,24,26,28,30,33-34H2,1-10H3/b12-11-,36-21+,37-23+,38-25+,39-27+,40-29+,41-32+,43-31+. The van der Waals surface area contributed by atoms with Crippen LogP contribution in [0, 0.1) is 0 Å². The lowest BCUT2D eigenvalue weighted by Gasteiger charge is -2.17. The maximum atomic E-state index is 12.7. The summed E-state index contributed by atoms with van der Waals surface area (Å²) in [6.07, 6.45) is 36.1. The summed E-state index contributed by atoms with van der Waals surface area (Å²) >= 11 is 0. The summed E-state index contributed by atoms with van der Waals surface area (Å²) in [4.78, 5) is 25.3. The molecule has 0 radical (unpaired) electrons. The van der Waals surface area contributed by atoms with Crippen LogP contribution in [0.25, 0.3) is 0 Å². The highest BCUT2D eigenvalue weighted by atomic mass is 16.1. The van der Waals surface area contributed by atoms with Gasteiger partial charge in [-0.15, -0.1) is 0 Å². The van der Waals surface area contributed by atoms with Gasteiger partial charge < -0.3 is 0 Å². The zero-order valence-electron chi connectivity index (χ0n) is 32.5. The fourth-order valence-corrected chi connectivity index (χ4v) is 5.77. The summed E-state index contributed by atoms with van der Waals surface area (Å²) in [5.41, 5.74) is 12.0. The molecular formula is C46H68O2. The molecule has 0 saturated heterocycles. The minimum Gasteiger partial charge on any atom is -0.294 e. The van der Waals surface area contributed by atoms with Crippen molar-refractivity contribution < 1.29 is 9.59 Å². The minimum atomic E-state index is 0.00729. The zero-order chi connectivity index (χ0) is 35.9. The third kappa shape index (κ3) is 19.5. The maximum absolute atomic E-state index is 12.7. The second-order valence-electron chi connectivity index (χ2n) is 14.3. The summed E-state index contributed by atoms with van der Waals surface area (Å²) in [5, 5.41) is 0. The molecule has 0 aromatic carbocycles. The summed E-state index contributed by atoms with van der Waals surface area (Å²) in [7, 11) is 0. The number of hydrogen-bond donors (Lipinski definition) is 0. The van der Waals surface area contributed by atoms with Crippen LogP contribution in [0.4, 0.5) is 0 Å². The largest absolute Gasteiger partial charge is 0.294 e. The molecule has 264 valence electrons. The zero-order valence-corrected chi connectivity index (χ0v) is 32.5. The normalized spacial score (nSPS) is 17.0. The van der Waals surface area contributed by atoms with Gasteiger partial charge in [-0.25, -0.2) is 0 Å². The van der Waals surface area contributed by atoms with Gasteiger partial charge in [0.05, 0.1) is 0 Å². The van der Waals surface area contributed by atoms with E-state index < -0.39 is 0 Å². The molecule has 0 fully saturated rings. The van der Waals surface area contributed by atoms with Crippen LogP contribution in [0.5, 0.6) is 0 Å². The molecule has 0 aliphatic heterocycles. The monoisotopic (exact) mass is 653 g/mol. The molecule has 0 saturated carbocycles. The molecular weight excluding hydrogens is 585 g/mol. The Hall–Kier alpha value is -3.26. The Morgan fingerprint density at radius 3 is 1.25 bits per heavy atom. The topological polar surface area (TPSA) is 34.1 Å². The van der Waals surface area contributed by atoms with Crippen molar-refractivity contribution in [3.63, 3.8) is 0 Å². The average Bonchev–Trinajstić information content (AvgIpc) is 3.01. The van der Waals surface area contributed by atoms with E-state index in [-0.39, 0.29) is 18.0 Å². The number of ketones is 2. The van der Waals surface area contributed by atoms with Crippen molar-refractivity contribution in [2.24, 2.45) is 0 Å². The van der Waals surface area contributed by atoms with Crippen LogP contribution < -0.4 is 0 Å². The molecule has 2 heteroatoms. The van der Waals surface area contributed by atoms with E-state index in [0.717, 1.165) is 64.2 Å². The fourth-order valence-electron chi connectivity index (χ4n) is 5.77. The number of Topliss-reactive ketones (excluding diaryl/α,β-unsaturated/α-hetero) is 2. The first-order valence-electron chi connectivity index (χ1n) is 18.5. The smallest absolute Gasteiger partial charge is 0.185 e. The Morgan fingerprint density at radius 2 is 0.896 bits per heavy atom. The molecule has 48 heavy (non-hydrogen) atoms. The molecule has 0 atom stereocenters. The highest BCUT2D eigenvalue weighted by Crippen LogP contribution is 2.27. The van der Waals surface area contributed by atoms with Gasteiger partial charge >= 0.3 is 0 Å². The molecule has 0 unspecified atom stereocenters. The molecule has 1 rings (SSSR count). The van der Waals surface area contributed by atoms with Gasteiger partial charge in [0.15, 0.2) is 11.6 Å². The van der Waals surface area contributed by atoms with E-state index in [1.54, 1.807) is 13.0 Å². The van der Waals surface area contributed by atoms with Crippen LogP contribution in [0.3, 0.4) is 0 Å². The number of carbonyl (C=O) groups is 2. The van der Waals surface area contributed by atoms with Gasteiger partial charge in [0.1, 0.15) is 0 Å². The van der Waals surface area contributed by atoms with E-state index in [2.05, 4.69) is 97.9 Å². The van der Waals surface area contributed by atoms with Crippen molar-refractivity contribution in [3.05, 3.63) is 116 Å². The van der Waals surface area contributed by atoms with E-state index in [4.69, 9.17) is 0 Å². The summed E-state index contributed by atoms with van der Waals surface area (Å²) in [6.45, 7) is 21.5. The summed E-state index contributed by atoms with van der Waals surface area (Å²) in [5.74, 6) is 0.0824. The quantitative estimate of drug-likeness (QED) is 0.0913. The second kappa shape index (κ2) is 24.8. The molecule has 1 aliphatic carbocycles. The van der Waals surface area contributed by atoms with E-state index in [9.17, 15) is 9.59 Å². The van der Waals surface area contributed by atoms with E-state index in [0.29, 0.717) is 23.1 Å². The van der Waals surface area contributed by atoms with Crippen LogP contribution in [-0.4, -0.2) is 11.6 Å². The van der Waals surface area contributed by atoms with Gasteiger partial charge in [-0.05, 0) is 153 Å². The predicted octanol–water partition coefficient (Wildman–Crippen LogP) is 14.1. The van der Waals surface area contributed by atoms with Crippen LogP contribution in [0.2, 0.25) is 0 Å². The Kier molecular flexibility index (Phi) is 22.1. The van der Waals surface area contributed by atoms with Gasteiger partial charge in [0.2, 0.25) is 0 Å². The highest BCUT2D eigenvalue weighted by molar-refractivity contribution is 6.20. The van der Waals surface area contributed by atoms with Gasteiger partial charge in [0.25, 0.3) is 0 Å². The number of carbonyl (C=O) groups excluding carboxylic acids is 2. The molecule has 0 N–H and O–H groups in total. The predicted molar refractivity (Wildman–Crippen MR) is 212 cm³/mol. The van der Waals surface area contributed by atoms with Crippen molar-refractivity contribution in [1.82, 2.24) is 0 Å². The molecule has 0 aromatic rings. The summed E-state index contributed by atoms with van der Waals surface area (Å²) in [6, 6.07) is 0. The third-order valence-corrected chi connectivity index (χ3v) is 9.17. The Bertz CT molecular complexity index is 1370. The molecule has 2 nitrogen and oxygen atoms in total. The fraction of sp³-hybridized carbons (Fsp3) is 0.522. The lowest BCUT2D eigenvalue weighted by atomic mass is 9.84. The number of rotatable bonds is 21. The highest BCUT2D eigenvalue weighted by Gasteiger charge is 2.26. The average molecular weight is 653 g/mol. The number of hydrogen-bond acceptors (Lipinski definition) is 2. The Balaban J connectivity index is 2.36. The van der Waals surface area contributed by atoms with Crippen LogP contribution in [0.15, 0.2) is 116 Å². The van der Waals surface area contributed by atoms with Crippen LogP contribution in [-0.2, 0) is 9.59 Å². The van der Waals surface area contributed by atoms with E-state index in [1.165, 1.54) is 51.9 Å².